The van der Waals surface area contributed by atoms with E-state index in [1.165, 1.54) is 0 Å². The number of nitrogens with zero attached hydrogens (tertiary/aromatic N) is 2. The fourth-order valence-corrected chi connectivity index (χ4v) is 6.71. The van der Waals surface area contributed by atoms with Crippen LogP contribution in [0.5, 0.6) is 23.0 Å². The Morgan fingerprint density at radius 3 is 1.53 bits per heavy atom. The van der Waals surface area contributed by atoms with Gasteiger partial charge in [0.05, 0.1) is 11.4 Å². The molecule has 8 rings (SSSR count). The van der Waals surface area contributed by atoms with Crippen molar-refractivity contribution < 1.29 is 9.47 Å². The van der Waals surface area contributed by atoms with Gasteiger partial charge in [-0.3, -0.25) is 0 Å². The summed E-state index contributed by atoms with van der Waals surface area (Å²) in [5.41, 5.74) is 8.77. The first-order valence-corrected chi connectivity index (χ1v) is 15.7. The molecule has 0 saturated carbocycles. The number of ether oxygens (including phenoxy) is 2. The van der Waals surface area contributed by atoms with Crippen LogP contribution in [0.2, 0.25) is 0 Å². The van der Waals surface area contributed by atoms with Crippen molar-refractivity contribution in [1.29, 1.82) is 0 Å². The van der Waals surface area contributed by atoms with Crippen LogP contribution in [0, 0.1) is 0 Å². The fourth-order valence-electron chi connectivity index (χ4n) is 6.71. The lowest BCUT2D eigenvalue weighted by molar-refractivity contribution is 0.466. The lowest BCUT2D eigenvalue weighted by Gasteiger charge is -2.39. The molecular weight excluding hydrogens is 575 g/mol. The third-order valence-electron chi connectivity index (χ3n) is 8.68. The van der Waals surface area contributed by atoms with Crippen molar-refractivity contribution in [2.45, 2.75) is 0 Å². The molecule has 224 valence electrons. The van der Waals surface area contributed by atoms with E-state index < -0.39 is 0 Å². The van der Waals surface area contributed by atoms with E-state index in [-0.39, 0.29) is 6.71 Å². The zero-order chi connectivity index (χ0) is 31.7. The summed E-state index contributed by atoms with van der Waals surface area (Å²) in [5, 5.41) is 0. The second-order valence-electron chi connectivity index (χ2n) is 11.4. The van der Waals surface area contributed by atoms with Gasteiger partial charge in [0.1, 0.15) is 11.5 Å². The van der Waals surface area contributed by atoms with Crippen molar-refractivity contribution >= 4 is 51.5 Å². The van der Waals surface area contributed by atoms with Gasteiger partial charge in [-0.1, -0.05) is 110 Å². The van der Waals surface area contributed by atoms with Crippen molar-refractivity contribution in [2.24, 2.45) is 0 Å². The predicted octanol–water partition coefficient (Wildman–Crippen LogP) is 9.28. The van der Waals surface area contributed by atoms with Crippen LogP contribution < -0.4 is 35.7 Å². The Bertz CT molecular complexity index is 2090. The lowest BCUT2D eigenvalue weighted by atomic mass is 9.34. The van der Waals surface area contributed by atoms with Crippen molar-refractivity contribution in [3.63, 3.8) is 0 Å². The monoisotopic (exact) mass is 606 g/mol. The number of hydrogen-bond donors (Lipinski definition) is 0. The molecule has 2 heterocycles. The first-order valence-electron chi connectivity index (χ1n) is 15.7. The second kappa shape index (κ2) is 12.0. The Hall–Kier alpha value is -6.20. The maximum Gasteiger partial charge on any atom is 0.260 e. The van der Waals surface area contributed by atoms with Crippen molar-refractivity contribution in [3.05, 3.63) is 183 Å². The van der Waals surface area contributed by atoms with E-state index >= 15 is 0 Å². The van der Waals surface area contributed by atoms with Crippen LogP contribution in [0.4, 0.5) is 28.4 Å². The van der Waals surface area contributed by atoms with Crippen molar-refractivity contribution in [2.75, 3.05) is 9.80 Å². The van der Waals surface area contributed by atoms with Crippen LogP contribution in [0.3, 0.4) is 0 Å². The average molecular weight is 607 g/mol. The largest absolute Gasteiger partial charge is 0.456 e. The molecule has 0 radical (unpaired) electrons. The van der Waals surface area contributed by atoms with E-state index in [1.807, 2.05) is 54.6 Å². The molecule has 0 amide bonds. The molecule has 2 aliphatic heterocycles. The second-order valence-corrected chi connectivity index (χ2v) is 11.4. The number of hydrogen-bond acceptors (Lipinski definition) is 4. The molecule has 0 N–H and O–H groups in total. The highest BCUT2D eigenvalue weighted by molar-refractivity contribution is 6.98. The highest BCUT2D eigenvalue weighted by Crippen LogP contribution is 2.51. The van der Waals surface area contributed by atoms with E-state index in [0.717, 1.165) is 73.5 Å². The number of allylic oxidation sites excluding steroid dienone is 3. The minimum Gasteiger partial charge on any atom is -0.456 e. The first kappa shape index (κ1) is 28.3. The van der Waals surface area contributed by atoms with Gasteiger partial charge in [-0.25, -0.2) is 0 Å². The van der Waals surface area contributed by atoms with E-state index in [2.05, 4.69) is 126 Å². The summed E-state index contributed by atoms with van der Waals surface area (Å²) < 4.78 is 13.9. The highest BCUT2D eigenvalue weighted by atomic mass is 16.5. The summed E-state index contributed by atoms with van der Waals surface area (Å²) in [4.78, 5) is 4.45. The maximum absolute atomic E-state index is 6.98. The number of benzene rings is 6. The summed E-state index contributed by atoms with van der Waals surface area (Å²) in [7, 11) is 0. The highest BCUT2D eigenvalue weighted by Gasteiger charge is 2.44. The smallest absolute Gasteiger partial charge is 0.260 e. The molecule has 6 aromatic rings. The van der Waals surface area contributed by atoms with E-state index in [9.17, 15) is 0 Å². The van der Waals surface area contributed by atoms with Crippen LogP contribution in [-0.4, -0.2) is 6.71 Å². The topological polar surface area (TPSA) is 24.9 Å². The zero-order valence-corrected chi connectivity index (χ0v) is 25.8. The van der Waals surface area contributed by atoms with Crippen LogP contribution in [0.1, 0.15) is 0 Å². The molecule has 0 saturated heterocycles. The molecule has 47 heavy (non-hydrogen) atoms. The van der Waals surface area contributed by atoms with Gasteiger partial charge in [0.2, 0.25) is 0 Å². The third kappa shape index (κ3) is 4.81. The fraction of sp³-hybridized carbons (Fsp3) is 0. The van der Waals surface area contributed by atoms with Crippen LogP contribution >= 0.6 is 0 Å². The molecule has 2 aliphatic rings. The standard InChI is InChI=1S/C42H31BN2O2/c1-3-18-30(4-2)44(31-19-8-5-9-20-31)36-29-37(45(32-21-10-6-11-22-32)33-23-12-7-13-24-33)42-40-41(36)46-38-27-16-14-25-34(38)43(40)35-26-15-17-28-39(35)47-42/h3-29H,1-2H2/b30-18+. The summed E-state index contributed by atoms with van der Waals surface area (Å²) in [6.45, 7) is 8.12. The molecular formula is C42H31BN2O2. The Labute approximate surface area is 275 Å². The van der Waals surface area contributed by atoms with Crippen LogP contribution in [-0.2, 0) is 0 Å². The van der Waals surface area contributed by atoms with E-state index in [1.54, 1.807) is 6.08 Å². The van der Waals surface area contributed by atoms with E-state index in [4.69, 9.17) is 9.47 Å². The Kier molecular flexibility index (Phi) is 7.20. The van der Waals surface area contributed by atoms with E-state index in [0.29, 0.717) is 0 Å². The normalized spacial score (nSPS) is 12.4. The molecule has 0 atom stereocenters. The Balaban J connectivity index is 1.52. The van der Waals surface area contributed by atoms with Gasteiger partial charge in [-0.05, 0) is 77.7 Å². The lowest BCUT2D eigenvalue weighted by Crippen LogP contribution is -2.57. The number of para-hydroxylation sites is 5. The summed E-state index contributed by atoms with van der Waals surface area (Å²) in [6.07, 6.45) is 5.61. The van der Waals surface area contributed by atoms with Crippen molar-refractivity contribution in [1.82, 2.24) is 0 Å². The molecule has 0 unspecified atom stereocenters. The van der Waals surface area contributed by atoms with Gasteiger partial charge >= 0.3 is 0 Å². The number of fused-ring (bicyclic) bond motifs is 4. The minimum absolute atomic E-state index is 0.116. The molecule has 0 aliphatic carbocycles. The first-order chi connectivity index (χ1) is 23.3. The van der Waals surface area contributed by atoms with Gasteiger partial charge < -0.3 is 19.3 Å². The zero-order valence-electron chi connectivity index (χ0n) is 25.8. The molecule has 0 spiro atoms. The third-order valence-corrected chi connectivity index (χ3v) is 8.68. The molecule has 0 fully saturated rings. The molecule has 6 aromatic carbocycles. The molecule has 5 heteroatoms. The maximum atomic E-state index is 6.98. The van der Waals surface area contributed by atoms with Crippen molar-refractivity contribution in [3.8, 4) is 23.0 Å². The van der Waals surface area contributed by atoms with Gasteiger partial charge in [-0.2, -0.15) is 0 Å². The van der Waals surface area contributed by atoms with Gasteiger partial charge in [0.25, 0.3) is 6.71 Å². The Morgan fingerprint density at radius 2 is 1.02 bits per heavy atom. The quantitative estimate of drug-likeness (QED) is 0.127. The minimum atomic E-state index is -0.116. The summed E-state index contributed by atoms with van der Waals surface area (Å²) in [6, 6.07) is 50.0. The molecule has 0 aromatic heterocycles. The summed E-state index contributed by atoms with van der Waals surface area (Å²) >= 11 is 0. The van der Waals surface area contributed by atoms with Gasteiger partial charge in [0.15, 0.2) is 11.5 Å². The van der Waals surface area contributed by atoms with Gasteiger partial charge in [-0.15, -0.1) is 0 Å². The van der Waals surface area contributed by atoms with Crippen LogP contribution in [0.25, 0.3) is 0 Å². The average Bonchev–Trinajstić information content (AvgIpc) is 3.14. The number of rotatable bonds is 8. The summed E-state index contributed by atoms with van der Waals surface area (Å²) in [5.74, 6) is 3.16. The Morgan fingerprint density at radius 1 is 0.553 bits per heavy atom. The SMILES string of the molecule is C=C/C=C(\C=C)N(c1ccccc1)c1cc(N(c2ccccc2)c2ccccc2)c2c3c1Oc1ccccc1B3c1ccccc1O2. The predicted molar refractivity (Wildman–Crippen MR) is 196 cm³/mol. The number of anilines is 5. The molecule has 0 bridgehead atoms. The van der Waals surface area contributed by atoms with Crippen LogP contribution in [0.15, 0.2) is 183 Å². The molecule has 4 nitrogen and oxygen atoms in total. The van der Waals surface area contributed by atoms with Gasteiger partial charge in [0, 0.05) is 28.2 Å².